The molecule has 8 nitrogen and oxygen atoms in total. The fourth-order valence-corrected chi connectivity index (χ4v) is 3.93. The number of likely N-dealkylation sites (tertiary alicyclic amines) is 1. The summed E-state index contributed by atoms with van der Waals surface area (Å²) in [6.07, 6.45) is 2.53. The van der Waals surface area contributed by atoms with Crippen molar-refractivity contribution < 1.29 is 24.1 Å². The maximum atomic E-state index is 12.9. The summed E-state index contributed by atoms with van der Waals surface area (Å²) in [4.78, 5) is 18.8. The van der Waals surface area contributed by atoms with E-state index in [-0.39, 0.29) is 12.5 Å². The number of imidazole rings is 1. The van der Waals surface area contributed by atoms with Gasteiger partial charge in [-0.3, -0.25) is 4.79 Å². The molecule has 1 fully saturated rings. The summed E-state index contributed by atoms with van der Waals surface area (Å²) in [6, 6.07) is 8.91. The van der Waals surface area contributed by atoms with Crippen molar-refractivity contribution in [3.63, 3.8) is 0 Å². The molecule has 0 radical (unpaired) electrons. The number of rotatable bonds is 3. The van der Waals surface area contributed by atoms with E-state index in [2.05, 4.69) is 4.98 Å². The number of β-amino-alcohol motifs (C(OH)–C–C–N with tert-alkyl or cyclic N) is 1. The highest BCUT2D eigenvalue weighted by molar-refractivity contribution is 6.30. The van der Waals surface area contributed by atoms with Crippen LogP contribution in [0.3, 0.4) is 0 Å². The Kier molecular flexibility index (Phi) is 4.88. The summed E-state index contributed by atoms with van der Waals surface area (Å²) in [6.45, 7) is 1.55. The molecule has 4 heterocycles. The Morgan fingerprint density at radius 2 is 2.07 bits per heavy atom. The van der Waals surface area contributed by atoms with Crippen molar-refractivity contribution in [2.45, 2.75) is 18.6 Å². The lowest BCUT2D eigenvalue weighted by molar-refractivity contribution is -0.0215. The van der Waals surface area contributed by atoms with Crippen molar-refractivity contribution in [2.75, 3.05) is 26.3 Å². The van der Waals surface area contributed by atoms with E-state index in [0.717, 1.165) is 0 Å². The highest BCUT2D eigenvalue weighted by Gasteiger charge is 2.33. The van der Waals surface area contributed by atoms with Crippen molar-refractivity contribution in [1.82, 2.24) is 14.3 Å². The first-order chi connectivity index (χ1) is 14.6. The summed E-state index contributed by atoms with van der Waals surface area (Å²) < 4.78 is 19.0. The van der Waals surface area contributed by atoms with Gasteiger partial charge in [0.2, 0.25) is 5.75 Å². The van der Waals surface area contributed by atoms with Crippen LogP contribution in [0, 0.1) is 0 Å². The molecule has 1 aromatic carbocycles. The summed E-state index contributed by atoms with van der Waals surface area (Å²) in [5.74, 6) is 1.49. The quantitative estimate of drug-likeness (QED) is 0.688. The number of hydrogen-bond acceptors (Lipinski definition) is 6. The number of pyridine rings is 1. The van der Waals surface area contributed by atoms with Gasteiger partial charge in [-0.1, -0.05) is 17.7 Å². The zero-order valence-corrected chi connectivity index (χ0v) is 16.8. The number of para-hydroxylation sites is 1. The Balaban J connectivity index is 1.28. The molecule has 2 aromatic heterocycles. The largest absolute Gasteiger partial charge is 0.486 e. The minimum absolute atomic E-state index is 0.157. The normalized spacial score (nSPS) is 20.9. The van der Waals surface area contributed by atoms with Gasteiger partial charge in [0.25, 0.3) is 5.91 Å². The number of carbonyl (C=O) groups excluding carboxylic acids is 1. The Morgan fingerprint density at radius 1 is 1.20 bits per heavy atom. The summed E-state index contributed by atoms with van der Waals surface area (Å²) >= 11 is 5.99. The number of aromatic nitrogens is 2. The summed E-state index contributed by atoms with van der Waals surface area (Å²) in [5.41, 5.74) is 0.948. The smallest absolute Gasteiger partial charge is 0.274 e. The van der Waals surface area contributed by atoms with Crippen LogP contribution >= 0.6 is 11.6 Å². The molecule has 2 aliphatic heterocycles. The van der Waals surface area contributed by atoms with E-state index in [1.807, 2.05) is 12.1 Å². The number of fused-ring (bicyclic) bond motifs is 2. The highest BCUT2D eigenvalue weighted by atomic mass is 35.5. The second-order valence-electron chi connectivity index (χ2n) is 7.28. The van der Waals surface area contributed by atoms with E-state index >= 15 is 0 Å². The number of hydrogen-bond donors (Lipinski definition) is 1. The maximum Gasteiger partial charge on any atom is 0.274 e. The number of aliphatic hydroxyl groups is 1. The van der Waals surface area contributed by atoms with Crippen LogP contribution in [0.2, 0.25) is 5.02 Å². The van der Waals surface area contributed by atoms with Gasteiger partial charge in [0.15, 0.2) is 11.5 Å². The van der Waals surface area contributed by atoms with Gasteiger partial charge in [-0.05, 0) is 24.3 Å². The third-order valence-corrected chi connectivity index (χ3v) is 5.47. The first-order valence-corrected chi connectivity index (χ1v) is 10.1. The van der Waals surface area contributed by atoms with Crippen molar-refractivity contribution >= 4 is 23.2 Å². The zero-order valence-electron chi connectivity index (χ0n) is 16.0. The molecular formula is C21H20ClN3O5. The van der Waals surface area contributed by atoms with Crippen LogP contribution in [-0.4, -0.2) is 63.8 Å². The van der Waals surface area contributed by atoms with Gasteiger partial charge < -0.3 is 28.6 Å². The van der Waals surface area contributed by atoms with Crippen molar-refractivity contribution in [1.29, 1.82) is 0 Å². The number of halogens is 1. The van der Waals surface area contributed by atoms with Gasteiger partial charge >= 0.3 is 0 Å². The van der Waals surface area contributed by atoms with Crippen molar-refractivity contribution in [3.05, 3.63) is 53.4 Å². The lowest BCUT2D eigenvalue weighted by Gasteiger charge is -2.36. The van der Waals surface area contributed by atoms with Crippen LogP contribution in [-0.2, 0) is 0 Å². The molecule has 0 spiro atoms. The van der Waals surface area contributed by atoms with Crippen LogP contribution in [0.25, 0.3) is 5.65 Å². The van der Waals surface area contributed by atoms with E-state index in [1.54, 1.807) is 39.9 Å². The first-order valence-electron chi connectivity index (χ1n) is 9.75. The Hall–Kier alpha value is -2.97. The summed E-state index contributed by atoms with van der Waals surface area (Å²) in [7, 11) is 0. The molecular weight excluding hydrogens is 410 g/mol. The fourth-order valence-electron chi connectivity index (χ4n) is 3.76. The molecule has 1 amide bonds. The number of carbonyl (C=O) groups is 1. The molecule has 0 saturated carbocycles. The highest BCUT2D eigenvalue weighted by Crippen LogP contribution is 2.40. The van der Waals surface area contributed by atoms with Gasteiger partial charge in [-0.2, -0.15) is 0 Å². The van der Waals surface area contributed by atoms with E-state index in [1.165, 1.54) is 0 Å². The molecule has 0 bridgehead atoms. The minimum Gasteiger partial charge on any atom is -0.486 e. The SMILES string of the molecule is O=C(c1cn2cc(Cl)ccc2n1)N1CC[C@@H](Oc2cccc3c2OCCO3)[C@H](O)C1. The molecule has 5 rings (SSSR count). The molecule has 1 saturated heterocycles. The number of aliphatic hydroxyl groups excluding tert-OH is 1. The van der Waals surface area contributed by atoms with Gasteiger partial charge in [0, 0.05) is 25.4 Å². The average molecular weight is 430 g/mol. The lowest BCUT2D eigenvalue weighted by Crippen LogP contribution is -2.51. The maximum absolute atomic E-state index is 12.9. The molecule has 2 aliphatic rings. The Bertz CT molecular complexity index is 1100. The number of ether oxygens (including phenoxy) is 3. The monoisotopic (exact) mass is 429 g/mol. The number of amides is 1. The van der Waals surface area contributed by atoms with E-state index in [0.29, 0.717) is 59.8 Å². The predicted molar refractivity (Wildman–Crippen MR) is 109 cm³/mol. The molecule has 2 atom stereocenters. The van der Waals surface area contributed by atoms with Gasteiger partial charge in [-0.25, -0.2) is 4.98 Å². The molecule has 1 N–H and O–H groups in total. The second kappa shape index (κ2) is 7.70. The van der Waals surface area contributed by atoms with Crippen LogP contribution in [0.15, 0.2) is 42.7 Å². The molecule has 3 aromatic rings. The third-order valence-electron chi connectivity index (χ3n) is 5.25. The van der Waals surface area contributed by atoms with Gasteiger partial charge in [0.05, 0.1) is 11.6 Å². The number of nitrogens with zero attached hydrogens (tertiary/aromatic N) is 3. The molecule has 0 aliphatic carbocycles. The molecule has 0 unspecified atom stereocenters. The van der Waals surface area contributed by atoms with E-state index in [4.69, 9.17) is 25.8 Å². The van der Waals surface area contributed by atoms with Crippen LogP contribution in [0.4, 0.5) is 0 Å². The molecule has 30 heavy (non-hydrogen) atoms. The Morgan fingerprint density at radius 3 is 2.93 bits per heavy atom. The lowest BCUT2D eigenvalue weighted by atomic mass is 10.0. The summed E-state index contributed by atoms with van der Waals surface area (Å²) in [5, 5.41) is 11.2. The standard InChI is InChI=1S/C21H20ClN3O5/c22-13-4-5-19-23-14(11-25(19)10-13)21(27)24-7-6-16(15(26)12-24)30-18-3-1-2-17-20(18)29-9-8-28-17/h1-5,10-11,15-16,26H,6-9,12H2/t15-,16-/m1/s1. The van der Waals surface area contributed by atoms with Crippen molar-refractivity contribution in [2.24, 2.45) is 0 Å². The van der Waals surface area contributed by atoms with Crippen LogP contribution in [0.1, 0.15) is 16.9 Å². The van der Waals surface area contributed by atoms with Crippen LogP contribution < -0.4 is 14.2 Å². The number of benzene rings is 1. The predicted octanol–water partition coefficient (Wildman–Crippen LogP) is 2.41. The average Bonchev–Trinajstić information content (AvgIpc) is 3.18. The first kappa shape index (κ1) is 19.0. The molecule has 9 heteroatoms. The molecule has 156 valence electrons. The number of piperidine rings is 1. The second-order valence-corrected chi connectivity index (χ2v) is 7.72. The third kappa shape index (κ3) is 3.53. The van der Waals surface area contributed by atoms with E-state index in [9.17, 15) is 9.90 Å². The van der Waals surface area contributed by atoms with E-state index < -0.39 is 12.2 Å². The van der Waals surface area contributed by atoms with Crippen LogP contribution in [0.5, 0.6) is 17.2 Å². The minimum atomic E-state index is -0.838. The fraction of sp³-hybridized carbons (Fsp3) is 0.333. The Labute approximate surface area is 177 Å². The van der Waals surface area contributed by atoms with Crippen molar-refractivity contribution in [3.8, 4) is 17.2 Å². The van der Waals surface area contributed by atoms with Gasteiger partial charge in [0.1, 0.15) is 36.8 Å². The zero-order chi connectivity index (χ0) is 20.7. The van der Waals surface area contributed by atoms with Gasteiger partial charge in [-0.15, -0.1) is 0 Å². The topological polar surface area (TPSA) is 85.5 Å².